The van der Waals surface area contributed by atoms with E-state index in [0.29, 0.717) is 41.1 Å². The zero-order valence-electron chi connectivity index (χ0n) is 20.4. The minimum atomic E-state index is -0.782. The molecule has 6 nitrogen and oxygen atoms in total. The van der Waals surface area contributed by atoms with Crippen molar-refractivity contribution in [1.29, 1.82) is 0 Å². The lowest BCUT2D eigenvalue weighted by molar-refractivity contribution is -0.129. The molecule has 2 atom stereocenters. The lowest BCUT2D eigenvalue weighted by atomic mass is 9.95. The molecule has 3 aromatic rings. The van der Waals surface area contributed by atoms with Gasteiger partial charge >= 0.3 is 0 Å². The summed E-state index contributed by atoms with van der Waals surface area (Å²) in [5, 5.41) is 4.19. The molecule has 0 aromatic heterocycles. The number of rotatable bonds is 6. The van der Waals surface area contributed by atoms with E-state index < -0.39 is 6.10 Å². The van der Waals surface area contributed by atoms with Crippen molar-refractivity contribution in [3.05, 3.63) is 94.0 Å². The number of ether oxygens (including phenoxy) is 1. The van der Waals surface area contributed by atoms with E-state index >= 15 is 0 Å². The van der Waals surface area contributed by atoms with Gasteiger partial charge in [0.25, 0.3) is 5.91 Å². The van der Waals surface area contributed by atoms with Crippen LogP contribution in [0.1, 0.15) is 24.0 Å². The minimum Gasteiger partial charge on any atom is -0.477 e. The van der Waals surface area contributed by atoms with Crippen molar-refractivity contribution in [2.45, 2.75) is 32.0 Å². The van der Waals surface area contributed by atoms with Crippen molar-refractivity contribution in [3.63, 3.8) is 0 Å². The Kier molecular flexibility index (Phi) is 7.99. The predicted octanol–water partition coefficient (Wildman–Crippen LogP) is 5.32. The number of fused-ring (bicyclic) bond motifs is 1. The monoisotopic (exact) mass is 537 g/mol. The summed E-state index contributed by atoms with van der Waals surface area (Å²) in [5.74, 6) is 0.143. The van der Waals surface area contributed by atoms with Gasteiger partial charge in [-0.1, -0.05) is 71.7 Å². The molecule has 3 aromatic carbocycles. The van der Waals surface area contributed by atoms with Gasteiger partial charge in [0.15, 0.2) is 6.10 Å². The number of para-hydroxylation sites is 2. The molecule has 2 aliphatic heterocycles. The van der Waals surface area contributed by atoms with Gasteiger partial charge < -0.3 is 15.0 Å². The van der Waals surface area contributed by atoms with Gasteiger partial charge in [0.1, 0.15) is 5.75 Å². The normalized spacial score (nSPS) is 19.6. The summed E-state index contributed by atoms with van der Waals surface area (Å²) >= 11 is 12.4. The summed E-state index contributed by atoms with van der Waals surface area (Å²) in [6.45, 7) is 2.76. The van der Waals surface area contributed by atoms with Crippen LogP contribution in [0.3, 0.4) is 0 Å². The van der Waals surface area contributed by atoms with E-state index in [4.69, 9.17) is 27.9 Å². The fraction of sp³-hybridized carbons (Fsp3) is 0.310. The summed E-state index contributed by atoms with van der Waals surface area (Å²) in [7, 11) is 0. The van der Waals surface area contributed by atoms with Crippen LogP contribution in [0.5, 0.6) is 5.75 Å². The average Bonchev–Trinajstić information content (AvgIpc) is 2.93. The van der Waals surface area contributed by atoms with Crippen LogP contribution in [-0.2, 0) is 22.7 Å². The van der Waals surface area contributed by atoms with Gasteiger partial charge in [0.2, 0.25) is 5.91 Å². The molecule has 37 heavy (non-hydrogen) atoms. The molecule has 192 valence electrons. The van der Waals surface area contributed by atoms with Gasteiger partial charge in [-0.15, -0.1) is 0 Å². The van der Waals surface area contributed by atoms with Crippen LogP contribution < -0.4 is 15.0 Å². The number of nitrogens with zero attached hydrogens (tertiary/aromatic N) is 2. The number of likely N-dealkylation sites (tertiary alicyclic amines) is 1. The summed E-state index contributed by atoms with van der Waals surface area (Å²) in [5.41, 5.74) is 2.70. The van der Waals surface area contributed by atoms with Crippen LogP contribution in [0.15, 0.2) is 72.8 Å². The highest BCUT2D eigenvalue weighted by atomic mass is 35.5. The van der Waals surface area contributed by atoms with Crippen LogP contribution in [0.4, 0.5) is 5.69 Å². The van der Waals surface area contributed by atoms with Crippen molar-refractivity contribution in [2.24, 2.45) is 5.92 Å². The van der Waals surface area contributed by atoms with Gasteiger partial charge in [-0.25, -0.2) is 0 Å². The Morgan fingerprint density at radius 2 is 1.76 bits per heavy atom. The van der Waals surface area contributed by atoms with Crippen molar-refractivity contribution in [1.82, 2.24) is 10.2 Å². The third-order valence-electron chi connectivity index (χ3n) is 6.91. The van der Waals surface area contributed by atoms with Gasteiger partial charge in [-0.05, 0) is 54.8 Å². The van der Waals surface area contributed by atoms with E-state index in [1.807, 2.05) is 66.7 Å². The third-order valence-corrected chi connectivity index (χ3v) is 7.49. The maximum absolute atomic E-state index is 13.8. The Balaban J connectivity index is 1.28. The molecule has 0 aliphatic carbocycles. The highest BCUT2D eigenvalue weighted by Gasteiger charge is 2.37. The number of benzene rings is 3. The molecule has 8 heteroatoms. The number of halogens is 2. The number of carbonyl (C=O) groups excluding carboxylic acids is 2. The number of hydrogen-bond acceptors (Lipinski definition) is 4. The fourth-order valence-electron chi connectivity index (χ4n) is 4.99. The number of nitrogens with one attached hydrogen (secondary N) is 1. The quantitative estimate of drug-likeness (QED) is 0.462. The zero-order chi connectivity index (χ0) is 25.8. The number of carbonyl (C=O) groups is 2. The van der Waals surface area contributed by atoms with Crippen molar-refractivity contribution in [3.8, 4) is 5.75 Å². The Bertz CT molecular complexity index is 1270. The first-order valence-electron chi connectivity index (χ1n) is 12.5. The highest BCUT2D eigenvalue weighted by Crippen LogP contribution is 2.35. The molecule has 1 N–H and O–H groups in total. The van der Waals surface area contributed by atoms with Gasteiger partial charge in [0, 0.05) is 29.7 Å². The summed E-state index contributed by atoms with van der Waals surface area (Å²) in [6, 6.07) is 22.7. The van der Waals surface area contributed by atoms with Crippen molar-refractivity contribution >= 4 is 40.7 Å². The Labute approximate surface area is 227 Å². The zero-order valence-corrected chi connectivity index (χ0v) is 21.9. The summed E-state index contributed by atoms with van der Waals surface area (Å²) in [4.78, 5) is 30.9. The SMILES string of the molecule is O=C(NCc1ccccc1)[C@@H]1CN(C(=O)[C@@H]2CCCN(Cc3ccc(Cl)cc3Cl)C2)c2ccccc2O1. The molecule has 0 bridgehead atoms. The van der Waals surface area contributed by atoms with Gasteiger partial charge in [0.05, 0.1) is 18.2 Å². The topological polar surface area (TPSA) is 61.9 Å². The molecule has 5 rings (SSSR count). The van der Waals surface area contributed by atoms with E-state index in [9.17, 15) is 9.59 Å². The second kappa shape index (κ2) is 11.5. The summed E-state index contributed by atoms with van der Waals surface area (Å²) < 4.78 is 6.03. The van der Waals surface area contributed by atoms with Crippen LogP contribution in [-0.4, -0.2) is 42.5 Å². The fourth-order valence-corrected chi connectivity index (χ4v) is 5.46. The van der Waals surface area contributed by atoms with E-state index in [2.05, 4.69) is 10.2 Å². The molecule has 2 heterocycles. The number of piperidine rings is 1. The van der Waals surface area contributed by atoms with E-state index in [-0.39, 0.29) is 24.3 Å². The third kappa shape index (κ3) is 6.09. The highest BCUT2D eigenvalue weighted by molar-refractivity contribution is 6.35. The molecular weight excluding hydrogens is 509 g/mol. The van der Waals surface area contributed by atoms with Crippen molar-refractivity contribution < 1.29 is 14.3 Å². The first-order chi connectivity index (χ1) is 18.0. The number of anilines is 1. The molecule has 0 unspecified atom stereocenters. The molecule has 2 amide bonds. The van der Waals surface area contributed by atoms with E-state index in [1.165, 1.54) is 0 Å². The number of hydrogen-bond donors (Lipinski definition) is 1. The molecule has 0 radical (unpaired) electrons. The van der Waals surface area contributed by atoms with Gasteiger partial charge in [-0.3, -0.25) is 14.5 Å². The number of amides is 2. The summed E-state index contributed by atoms with van der Waals surface area (Å²) in [6.07, 6.45) is 0.929. The molecule has 1 saturated heterocycles. The largest absolute Gasteiger partial charge is 0.477 e. The van der Waals surface area contributed by atoms with Crippen LogP contribution in [0.25, 0.3) is 0 Å². The lowest BCUT2D eigenvalue weighted by Gasteiger charge is -2.38. The minimum absolute atomic E-state index is 0.0171. The molecule has 0 spiro atoms. The maximum atomic E-state index is 13.8. The first kappa shape index (κ1) is 25.6. The van der Waals surface area contributed by atoms with Crippen molar-refractivity contribution in [2.75, 3.05) is 24.5 Å². The lowest BCUT2D eigenvalue weighted by Crippen LogP contribution is -2.53. The molecule has 1 fully saturated rings. The smallest absolute Gasteiger partial charge is 0.263 e. The van der Waals surface area contributed by atoms with Crippen LogP contribution in [0, 0.1) is 5.92 Å². The molecule has 0 saturated carbocycles. The van der Waals surface area contributed by atoms with E-state index in [1.54, 1.807) is 11.0 Å². The Morgan fingerprint density at radius 1 is 0.973 bits per heavy atom. The van der Waals surface area contributed by atoms with E-state index in [0.717, 1.165) is 30.5 Å². The standard InChI is InChI=1S/C29H29Cl2N3O3/c30-23-13-12-21(24(31)15-23)17-33-14-6-9-22(18-33)29(36)34-19-27(37-26-11-5-4-10-25(26)34)28(35)32-16-20-7-2-1-3-8-20/h1-5,7-8,10-13,15,22,27H,6,9,14,16-19H2,(H,32,35)/t22-,27+/m1/s1. The second-order valence-electron chi connectivity index (χ2n) is 9.54. The molecular formula is C29H29Cl2N3O3. The Morgan fingerprint density at radius 3 is 2.57 bits per heavy atom. The predicted molar refractivity (Wildman–Crippen MR) is 146 cm³/mol. The first-order valence-corrected chi connectivity index (χ1v) is 13.3. The molecule has 2 aliphatic rings. The maximum Gasteiger partial charge on any atom is 0.263 e. The Hall–Kier alpha value is -3.06. The van der Waals surface area contributed by atoms with Crippen LogP contribution in [0.2, 0.25) is 10.0 Å². The van der Waals surface area contributed by atoms with Crippen LogP contribution >= 0.6 is 23.2 Å². The van der Waals surface area contributed by atoms with Gasteiger partial charge in [-0.2, -0.15) is 0 Å². The second-order valence-corrected chi connectivity index (χ2v) is 10.4. The average molecular weight is 538 g/mol.